The predicted octanol–water partition coefficient (Wildman–Crippen LogP) is 1.40. The van der Waals surface area contributed by atoms with Gasteiger partial charge in [-0.2, -0.15) is 0 Å². The Morgan fingerprint density at radius 2 is 1.96 bits per heavy atom. The summed E-state index contributed by atoms with van der Waals surface area (Å²) in [6.45, 7) is 3.52. The lowest BCUT2D eigenvalue weighted by Gasteiger charge is -2.09. The van der Waals surface area contributed by atoms with Gasteiger partial charge in [0.25, 0.3) is 11.8 Å². The molecule has 124 valence electrons. The molecule has 0 aliphatic rings. The number of carbonyl (C=O) groups is 3. The summed E-state index contributed by atoms with van der Waals surface area (Å²) in [5, 5.41) is 0. The van der Waals surface area contributed by atoms with Crippen molar-refractivity contribution in [2.24, 2.45) is 0 Å². The van der Waals surface area contributed by atoms with Crippen molar-refractivity contribution in [3.05, 3.63) is 40.4 Å². The van der Waals surface area contributed by atoms with Gasteiger partial charge in [0.05, 0.1) is 11.1 Å². The molecule has 0 spiro atoms. The lowest BCUT2D eigenvalue weighted by molar-refractivity contribution is -0.137. The summed E-state index contributed by atoms with van der Waals surface area (Å²) < 4.78 is 10.6. The maximum Gasteiger partial charge on any atom is 0.330 e. The molecule has 7 nitrogen and oxygen atoms in total. The molecule has 1 aromatic carbocycles. The molecule has 0 unspecified atom stereocenters. The van der Waals surface area contributed by atoms with Crippen molar-refractivity contribution in [3.63, 3.8) is 0 Å². The first kappa shape index (κ1) is 18.7. The summed E-state index contributed by atoms with van der Waals surface area (Å²) >= 11 is 3.33. The SMILES string of the molecule is CCOC(=O)C=CC(=O)NNC(=O)COc1ccc(C)cc1Br. The molecule has 1 aromatic rings. The number of rotatable bonds is 6. The Labute approximate surface area is 142 Å². The van der Waals surface area contributed by atoms with Gasteiger partial charge in [-0.15, -0.1) is 0 Å². The molecule has 0 bridgehead atoms. The van der Waals surface area contributed by atoms with Crippen LogP contribution in [0.25, 0.3) is 0 Å². The molecule has 0 heterocycles. The van der Waals surface area contributed by atoms with Crippen LogP contribution in [0.3, 0.4) is 0 Å². The first-order chi connectivity index (χ1) is 10.9. The van der Waals surface area contributed by atoms with E-state index in [1.807, 2.05) is 19.1 Å². The van der Waals surface area contributed by atoms with E-state index < -0.39 is 17.8 Å². The number of ether oxygens (including phenoxy) is 2. The highest BCUT2D eigenvalue weighted by molar-refractivity contribution is 9.10. The number of hydrogen-bond acceptors (Lipinski definition) is 5. The predicted molar refractivity (Wildman–Crippen MR) is 86.4 cm³/mol. The molecule has 0 aliphatic carbocycles. The second kappa shape index (κ2) is 9.62. The lowest BCUT2D eigenvalue weighted by Crippen LogP contribution is -2.43. The number of carbonyl (C=O) groups excluding carboxylic acids is 3. The first-order valence-electron chi connectivity index (χ1n) is 6.75. The topological polar surface area (TPSA) is 93.7 Å². The summed E-state index contributed by atoms with van der Waals surface area (Å²) in [7, 11) is 0. The van der Waals surface area contributed by atoms with Crippen LogP contribution in [-0.2, 0) is 19.1 Å². The van der Waals surface area contributed by atoms with E-state index in [9.17, 15) is 14.4 Å². The van der Waals surface area contributed by atoms with Crippen molar-refractivity contribution in [1.82, 2.24) is 10.9 Å². The molecule has 1 rings (SSSR count). The molecule has 0 saturated carbocycles. The average molecular weight is 385 g/mol. The van der Waals surface area contributed by atoms with E-state index in [0.29, 0.717) is 5.75 Å². The van der Waals surface area contributed by atoms with Gasteiger partial charge in [0, 0.05) is 12.2 Å². The van der Waals surface area contributed by atoms with Crippen molar-refractivity contribution in [1.29, 1.82) is 0 Å². The Morgan fingerprint density at radius 1 is 1.22 bits per heavy atom. The molecule has 0 saturated heterocycles. The maximum absolute atomic E-state index is 11.6. The third-order valence-electron chi connectivity index (χ3n) is 2.43. The van der Waals surface area contributed by atoms with Crippen LogP contribution in [-0.4, -0.2) is 31.0 Å². The fraction of sp³-hybridized carbons (Fsp3) is 0.267. The van der Waals surface area contributed by atoms with Crippen LogP contribution < -0.4 is 15.6 Å². The van der Waals surface area contributed by atoms with Crippen molar-refractivity contribution < 1.29 is 23.9 Å². The monoisotopic (exact) mass is 384 g/mol. The average Bonchev–Trinajstić information content (AvgIpc) is 2.50. The highest BCUT2D eigenvalue weighted by atomic mass is 79.9. The minimum atomic E-state index is -0.664. The Hall–Kier alpha value is -2.35. The molecule has 0 aliphatic heterocycles. The third kappa shape index (κ3) is 7.46. The quantitative estimate of drug-likeness (QED) is 0.439. The van der Waals surface area contributed by atoms with Crippen molar-refractivity contribution in [3.8, 4) is 5.75 Å². The van der Waals surface area contributed by atoms with Gasteiger partial charge in [0.15, 0.2) is 6.61 Å². The van der Waals surface area contributed by atoms with Crippen molar-refractivity contribution in [2.45, 2.75) is 13.8 Å². The number of benzene rings is 1. The van der Waals surface area contributed by atoms with E-state index >= 15 is 0 Å². The largest absolute Gasteiger partial charge is 0.483 e. The zero-order valence-corrected chi connectivity index (χ0v) is 14.3. The molecular formula is C15H17BrN2O5. The summed E-state index contributed by atoms with van der Waals surface area (Å²) in [5.74, 6) is -1.33. The number of hydrazine groups is 1. The van der Waals surface area contributed by atoms with Crippen LogP contribution in [0, 0.1) is 6.92 Å². The molecule has 0 aromatic heterocycles. The van der Waals surface area contributed by atoms with E-state index in [1.165, 1.54) is 0 Å². The highest BCUT2D eigenvalue weighted by Gasteiger charge is 2.06. The fourth-order valence-corrected chi connectivity index (χ4v) is 2.02. The summed E-state index contributed by atoms with van der Waals surface area (Å²) in [6.07, 6.45) is 1.92. The minimum absolute atomic E-state index is 0.216. The van der Waals surface area contributed by atoms with Gasteiger partial charge in [-0.1, -0.05) is 6.07 Å². The fourth-order valence-electron chi connectivity index (χ4n) is 1.41. The molecule has 23 heavy (non-hydrogen) atoms. The second-order valence-electron chi connectivity index (χ2n) is 4.35. The first-order valence-corrected chi connectivity index (χ1v) is 7.54. The van der Waals surface area contributed by atoms with E-state index in [-0.39, 0.29) is 13.2 Å². The van der Waals surface area contributed by atoms with Crippen molar-refractivity contribution >= 4 is 33.7 Å². The van der Waals surface area contributed by atoms with Crippen LogP contribution in [0.15, 0.2) is 34.8 Å². The van der Waals surface area contributed by atoms with Gasteiger partial charge in [-0.3, -0.25) is 20.4 Å². The Balaban J connectivity index is 2.34. The molecular weight excluding hydrogens is 368 g/mol. The van der Waals surface area contributed by atoms with Crippen LogP contribution in [0.1, 0.15) is 12.5 Å². The summed E-state index contributed by atoms with van der Waals surface area (Å²) in [6, 6.07) is 5.43. The normalized spacial score (nSPS) is 10.2. The maximum atomic E-state index is 11.6. The van der Waals surface area contributed by atoms with Crippen LogP contribution >= 0.6 is 15.9 Å². The minimum Gasteiger partial charge on any atom is -0.483 e. The number of amides is 2. The zero-order chi connectivity index (χ0) is 17.2. The number of halogens is 1. The standard InChI is InChI=1S/C15H17BrN2O5/c1-3-22-15(21)7-6-13(19)17-18-14(20)9-23-12-5-4-10(2)8-11(12)16/h4-8H,3,9H2,1-2H3,(H,17,19)(H,18,20). The van der Waals surface area contributed by atoms with Gasteiger partial charge in [0.2, 0.25) is 0 Å². The summed E-state index contributed by atoms with van der Waals surface area (Å²) in [4.78, 5) is 33.9. The summed E-state index contributed by atoms with van der Waals surface area (Å²) in [5.41, 5.74) is 5.32. The Morgan fingerprint density at radius 3 is 2.61 bits per heavy atom. The van der Waals surface area contributed by atoms with Crippen LogP contribution in [0.2, 0.25) is 0 Å². The van der Waals surface area contributed by atoms with Gasteiger partial charge < -0.3 is 9.47 Å². The number of nitrogens with one attached hydrogen (secondary N) is 2. The van der Waals surface area contributed by atoms with Crippen LogP contribution in [0.4, 0.5) is 0 Å². The number of esters is 1. The molecule has 0 atom stereocenters. The zero-order valence-electron chi connectivity index (χ0n) is 12.7. The molecule has 2 N–H and O–H groups in total. The lowest BCUT2D eigenvalue weighted by atomic mass is 10.2. The van der Waals surface area contributed by atoms with E-state index in [4.69, 9.17) is 4.74 Å². The second-order valence-corrected chi connectivity index (χ2v) is 5.20. The molecule has 0 radical (unpaired) electrons. The van der Waals surface area contributed by atoms with E-state index in [2.05, 4.69) is 31.5 Å². The van der Waals surface area contributed by atoms with E-state index in [1.54, 1.807) is 13.0 Å². The number of aryl methyl sites for hydroxylation is 1. The number of hydrogen-bond donors (Lipinski definition) is 2. The molecule has 2 amide bonds. The Bertz CT molecular complexity index is 616. The third-order valence-corrected chi connectivity index (χ3v) is 3.05. The van der Waals surface area contributed by atoms with Crippen LogP contribution in [0.5, 0.6) is 5.75 Å². The molecule has 0 fully saturated rings. The van der Waals surface area contributed by atoms with Gasteiger partial charge in [0.1, 0.15) is 5.75 Å². The van der Waals surface area contributed by atoms with Crippen molar-refractivity contribution in [2.75, 3.05) is 13.2 Å². The van der Waals surface area contributed by atoms with Gasteiger partial charge in [-0.25, -0.2) is 4.79 Å². The van der Waals surface area contributed by atoms with E-state index in [0.717, 1.165) is 22.2 Å². The molecule has 8 heteroatoms. The van der Waals surface area contributed by atoms with Gasteiger partial charge in [-0.05, 0) is 47.5 Å². The highest BCUT2D eigenvalue weighted by Crippen LogP contribution is 2.25. The Kier molecular flexibility index (Phi) is 7.82. The van der Waals surface area contributed by atoms with Gasteiger partial charge >= 0.3 is 5.97 Å². The smallest absolute Gasteiger partial charge is 0.330 e.